The Morgan fingerprint density at radius 2 is 1.05 bits per heavy atom. The molecule has 1 aromatic heterocycles. The highest BCUT2D eigenvalue weighted by Gasteiger charge is 2.21. The Labute approximate surface area is 374 Å². The van der Waals surface area contributed by atoms with Crippen LogP contribution in [0.5, 0.6) is 0 Å². The first-order valence-electron chi connectivity index (χ1n) is 26.4. The molecule has 0 saturated carbocycles. The summed E-state index contributed by atoms with van der Waals surface area (Å²) in [6, 6.07) is 39.7. The van der Waals surface area contributed by atoms with Gasteiger partial charge in [0.1, 0.15) is 0 Å². The lowest BCUT2D eigenvalue weighted by molar-refractivity contribution is 1.30. The van der Waals surface area contributed by atoms with Crippen LogP contribution in [-0.2, 0) is 0 Å². The fourth-order valence-electron chi connectivity index (χ4n) is 7.77. The summed E-state index contributed by atoms with van der Waals surface area (Å²) in [6.07, 6.45) is 0. The van der Waals surface area contributed by atoms with Gasteiger partial charge in [-0.2, -0.15) is 0 Å². The predicted octanol–water partition coefficient (Wildman–Crippen LogP) is 17.0. The number of rotatable bonds is 8. The molecule has 0 aliphatic carbocycles. The Bertz CT molecular complexity index is 4070. The summed E-state index contributed by atoms with van der Waals surface area (Å²) >= 11 is 1.59. The predicted molar refractivity (Wildman–Crippen MR) is 259 cm³/mol. The minimum Gasteiger partial charge on any atom is -0.310 e. The lowest BCUT2D eigenvalue weighted by Gasteiger charge is -2.27. The van der Waals surface area contributed by atoms with Crippen molar-refractivity contribution in [2.75, 3.05) is 4.90 Å². The van der Waals surface area contributed by atoms with Gasteiger partial charge in [0, 0.05) is 31.5 Å². The van der Waals surface area contributed by atoms with E-state index in [1.54, 1.807) is 16.2 Å². The maximum atomic E-state index is 9.94. The first-order chi connectivity index (χ1) is 35.6. The van der Waals surface area contributed by atoms with Crippen LogP contribution in [0.15, 0.2) is 236 Å². The second kappa shape index (κ2) is 15.3. The van der Waals surface area contributed by atoms with E-state index >= 15 is 0 Å². The number of hydrogen-bond acceptors (Lipinski definition) is 2. The molecule has 0 N–H and O–H groups in total. The van der Waals surface area contributed by atoms with Crippen molar-refractivity contribution in [3.8, 4) is 55.6 Å². The van der Waals surface area contributed by atoms with E-state index in [9.17, 15) is 8.22 Å². The Hall–Kier alpha value is -7.52. The number of fused-ring (bicyclic) bond motifs is 4. The molecule has 0 aliphatic heterocycles. The fourth-order valence-corrected chi connectivity index (χ4v) is 9.03. The summed E-state index contributed by atoms with van der Waals surface area (Å²) in [5.41, 5.74) is 4.85. The van der Waals surface area contributed by atoms with Crippen LogP contribution < -0.4 is 4.90 Å². The van der Waals surface area contributed by atoms with Crippen LogP contribution in [0.2, 0.25) is 0 Å². The van der Waals surface area contributed by atoms with Crippen molar-refractivity contribution in [3.63, 3.8) is 0 Å². The highest BCUT2D eigenvalue weighted by atomic mass is 32.1. The molecule has 0 fully saturated rings. The Balaban J connectivity index is 1.19. The van der Waals surface area contributed by atoms with Gasteiger partial charge in [0.2, 0.25) is 0 Å². The average molecular weight is 796 g/mol. The van der Waals surface area contributed by atoms with E-state index < -0.39 is 101 Å². The Kier molecular flexibility index (Phi) is 6.08. The monoisotopic (exact) mass is 795 g/mol. The Morgan fingerprint density at radius 3 is 1.82 bits per heavy atom. The molecular weight excluding hydrogens is 743 g/mol. The normalized spacial score (nSPS) is 14.6. The average Bonchev–Trinajstić information content (AvgIpc) is 3.82. The van der Waals surface area contributed by atoms with Gasteiger partial charge in [-0.05, 0) is 121 Å². The number of thiophene rings is 1. The van der Waals surface area contributed by atoms with Crippen molar-refractivity contribution in [3.05, 3.63) is 236 Å². The van der Waals surface area contributed by atoms with Crippen molar-refractivity contribution in [1.82, 2.24) is 0 Å². The molecule has 0 atom stereocenters. The molecule has 11 aromatic rings. The third-order valence-electron chi connectivity index (χ3n) is 10.6. The maximum Gasteiger partial charge on any atom is 0.0645 e. The van der Waals surface area contributed by atoms with E-state index in [1.807, 2.05) is 140 Å². The van der Waals surface area contributed by atoms with Gasteiger partial charge in [0.05, 0.1) is 24.9 Å². The third kappa shape index (κ3) is 6.54. The molecule has 0 amide bonds. The molecule has 0 unspecified atom stereocenters. The quantitative estimate of drug-likeness (QED) is 0.148. The molecular formula is C58H39NS. The number of nitrogens with zero attached hydrogens (tertiary/aromatic N) is 1. The van der Waals surface area contributed by atoms with E-state index in [-0.39, 0.29) is 22.0 Å². The molecule has 0 bridgehead atoms. The standard InChI is InChI=1S/C58H39NS/c1-4-15-40(16-5-1)45-22-14-23-46(37-45)41-27-31-49(32-28-41)59(55-36-35-52(43-17-6-2-7-18-43)58-57(55)53-25-12-13-26-56(53)60-58)50-33-29-42(30-34-50)48-38-47-21-10-11-24-51(47)54(39-48)44-19-8-3-9-20-44/h1-39H/i3D,8D,9D,10D,11D,19D,20D,21D,29D,30D,33D,34D,38D,39D. The number of hydrogen-bond donors (Lipinski definition) is 0. The molecule has 11 rings (SSSR count). The first-order valence-corrected chi connectivity index (χ1v) is 20.2. The van der Waals surface area contributed by atoms with Crippen molar-refractivity contribution < 1.29 is 19.2 Å². The zero-order valence-corrected chi connectivity index (χ0v) is 32.6. The van der Waals surface area contributed by atoms with Gasteiger partial charge in [-0.25, -0.2) is 0 Å². The summed E-state index contributed by atoms with van der Waals surface area (Å²) in [6.45, 7) is 0. The van der Waals surface area contributed by atoms with E-state index in [0.717, 1.165) is 59.6 Å². The molecule has 0 radical (unpaired) electrons. The number of anilines is 3. The molecule has 60 heavy (non-hydrogen) atoms. The van der Waals surface area contributed by atoms with Crippen molar-refractivity contribution in [2.45, 2.75) is 0 Å². The zero-order valence-electron chi connectivity index (χ0n) is 45.8. The minimum atomic E-state index is -0.730. The molecule has 1 nitrogen and oxygen atoms in total. The fraction of sp³-hybridized carbons (Fsp3) is 0. The third-order valence-corrected chi connectivity index (χ3v) is 11.8. The summed E-state index contributed by atoms with van der Waals surface area (Å²) in [4.78, 5) is 1.71. The van der Waals surface area contributed by atoms with Crippen molar-refractivity contribution >= 4 is 59.3 Å². The van der Waals surface area contributed by atoms with Gasteiger partial charge in [-0.3, -0.25) is 0 Å². The van der Waals surface area contributed by atoms with Crippen molar-refractivity contribution in [1.29, 1.82) is 0 Å². The van der Waals surface area contributed by atoms with Gasteiger partial charge < -0.3 is 4.90 Å². The molecule has 0 saturated heterocycles. The molecule has 2 heteroatoms. The molecule has 10 aromatic carbocycles. The lowest BCUT2D eigenvalue weighted by atomic mass is 9.93. The van der Waals surface area contributed by atoms with Crippen LogP contribution in [0.3, 0.4) is 0 Å². The van der Waals surface area contributed by atoms with Gasteiger partial charge in [0.15, 0.2) is 0 Å². The van der Waals surface area contributed by atoms with Gasteiger partial charge >= 0.3 is 0 Å². The van der Waals surface area contributed by atoms with Gasteiger partial charge in [-0.15, -0.1) is 11.3 Å². The van der Waals surface area contributed by atoms with Crippen LogP contribution in [-0.4, -0.2) is 0 Å². The smallest absolute Gasteiger partial charge is 0.0645 e. The van der Waals surface area contributed by atoms with Gasteiger partial charge in [-0.1, -0.05) is 182 Å². The van der Waals surface area contributed by atoms with E-state index in [0.29, 0.717) is 11.4 Å². The van der Waals surface area contributed by atoms with Crippen LogP contribution in [0.4, 0.5) is 17.1 Å². The first kappa shape index (κ1) is 23.8. The van der Waals surface area contributed by atoms with Crippen LogP contribution in [0.25, 0.3) is 86.6 Å². The Morgan fingerprint density at radius 1 is 0.383 bits per heavy atom. The van der Waals surface area contributed by atoms with E-state index in [1.165, 1.54) is 0 Å². The summed E-state index contributed by atoms with van der Waals surface area (Å²) in [5, 5.41) is 1.18. The molecule has 0 aliphatic rings. The number of benzene rings is 10. The maximum absolute atomic E-state index is 9.94. The summed E-state index contributed by atoms with van der Waals surface area (Å²) < 4.78 is 130. The highest BCUT2D eigenvalue weighted by Crippen LogP contribution is 2.48. The zero-order chi connectivity index (χ0) is 52.0. The molecule has 0 spiro atoms. The topological polar surface area (TPSA) is 3.24 Å². The summed E-state index contributed by atoms with van der Waals surface area (Å²) in [5.74, 6) is 0. The van der Waals surface area contributed by atoms with Crippen LogP contribution in [0.1, 0.15) is 19.2 Å². The second-order valence-corrected chi connectivity index (χ2v) is 15.2. The van der Waals surface area contributed by atoms with E-state index in [2.05, 4.69) is 6.07 Å². The lowest BCUT2D eigenvalue weighted by Crippen LogP contribution is -2.10. The van der Waals surface area contributed by atoms with Gasteiger partial charge in [0.25, 0.3) is 0 Å². The largest absolute Gasteiger partial charge is 0.310 e. The van der Waals surface area contributed by atoms with Crippen molar-refractivity contribution in [2.24, 2.45) is 0 Å². The molecule has 1 heterocycles. The van der Waals surface area contributed by atoms with Crippen LogP contribution in [0, 0.1) is 0 Å². The van der Waals surface area contributed by atoms with E-state index in [4.69, 9.17) is 11.0 Å². The van der Waals surface area contributed by atoms with Crippen LogP contribution >= 0.6 is 11.3 Å². The SMILES string of the molecule is [2H]c1cc2c(-c3c([2H])c([2H])c([2H])c([2H])c3[2H])c([2H])c(-c3c([2H])c([2H])c(N(c4ccc(-c5cccc(-c6ccccc6)c5)cc4)c4ccc(-c5ccccc5)c5sc6ccccc6c45)c([2H])c3[2H])c([2H])c2c([2H])c1[2H]. The second-order valence-electron chi connectivity index (χ2n) is 14.2. The minimum absolute atomic E-state index is 0.148. The summed E-state index contributed by atoms with van der Waals surface area (Å²) in [7, 11) is 0. The molecule has 282 valence electrons. The highest BCUT2D eigenvalue weighted by molar-refractivity contribution is 7.26.